The van der Waals surface area contributed by atoms with E-state index < -0.39 is 18.0 Å². The van der Waals surface area contributed by atoms with Crippen molar-refractivity contribution in [3.63, 3.8) is 0 Å². The Morgan fingerprint density at radius 3 is 2.83 bits per heavy atom. The molecule has 0 aliphatic carbocycles. The van der Waals surface area contributed by atoms with Crippen molar-refractivity contribution in [3.05, 3.63) is 75.1 Å². The molecular weight excluding hydrogens is 428 g/mol. The average Bonchev–Trinajstić information content (AvgIpc) is 2.73. The van der Waals surface area contributed by atoms with Gasteiger partial charge in [-0.1, -0.05) is 35.3 Å². The number of nitrogens with two attached hydrogens (primary N) is 1. The number of hydrogen-bond donors (Lipinski definition) is 3. The highest BCUT2D eigenvalue weighted by atomic mass is 35.5. The van der Waals surface area contributed by atoms with Crippen LogP contribution >= 0.6 is 23.2 Å². The molecule has 0 fully saturated rings. The largest absolute Gasteiger partial charge is 0.482 e. The summed E-state index contributed by atoms with van der Waals surface area (Å²) in [4.78, 5) is 4.23. The molecule has 0 bridgehead atoms. The van der Waals surface area contributed by atoms with Gasteiger partial charge in [-0.15, -0.1) is 0 Å². The van der Waals surface area contributed by atoms with Crippen LogP contribution in [0.4, 0.5) is 10.2 Å². The van der Waals surface area contributed by atoms with E-state index in [9.17, 15) is 9.50 Å². The summed E-state index contributed by atoms with van der Waals surface area (Å²) in [5.74, 6) is -0.0544. The van der Waals surface area contributed by atoms with Crippen LogP contribution in [0.2, 0.25) is 10.0 Å². The van der Waals surface area contributed by atoms with Gasteiger partial charge in [0.2, 0.25) is 0 Å². The van der Waals surface area contributed by atoms with E-state index in [-0.39, 0.29) is 10.8 Å². The van der Waals surface area contributed by atoms with E-state index in [4.69, 9.17) is 33.7 Å². The summed E-state index contributed by atoms with van der Waals surface area (Å²) in [5.41, 5.74) is 9.94. The number of hydrogen-bond acceptors (Lipinski definition) is 5. The number of benzene rings is 2. The Kier molecular flexibility index (Phi) is 5.84. The molecule has 2 atom stereocenters. The molecule has 30 heavy (non-hydrogen) atoms. The zero-order valence-corrected chi connectivity index (χ0v) is 17.6. The summed E-state index contributed by atoms with van der Waals surface area (Å²) in [6.45, 7) is 2.94. The minimum absolute atomic E-state index is 0.0880. The number of pyridine rings is 1. The maximum atomic E-state index is 13.9. The van der Waals surface area contributed by atoms with Crippen LogP contribution in [0.25, 0.3) is 11.1 Å². The molecule has 1 aliphatic rings. The van der Waals surface area contributed by atoms with Crippen LogP contribution in [-0.2, 0) is 6.54 Å². The van der Waals surface area contributed by atoms with Crippen LogP contribution < -0.4 is 15.8 Å². The van der Waals surface area contributed by atoms with Gasteiger partial charge in [0.05, 0.1) is 11.1 Å². The second-order valence-corrected chi connectivity index (χ2v) is 7.97. The van der Waals surface area contributed by atoms with Crippen molar-refractivity contribution < 1.29 is 14.2 Å². The molecule has 4 N–H and O–H groups in total. The number of β-amino-alcohol motifs (C(OH)–C–C–N with tert-alkyl or cyclic N) is 1. The van der Waals surface area contributed by atoms with Gasteiger partial charge in [-0.3, -0.25) is 0 Å². The monoisotopic (exact) mass is 447 g/mol. The Hall–Kier alpha value is -2.38. The zero-order chi connectivity index (χ0) is 21.4. The molecule has 1 unspecified atom stereocenters. The number of aliphatic hydroxyl groups is 1. The second-order valence-electron chi connectivity index (χ2n) is 7.18. The fraction of sp³-hybridized carbons (Fsp3) is 0.227. The van der Waals surface area contributed by atoms with Crippen molar-refractivity contribution in [2.45, 2.75) is 25.7 Å². The fourth-order valence-corrected chi connectivity index (χ4v) is 4.25. The average molecular weight is 448 g/mol. The van der Waals surface area contributed by atoms with Crippen molar-refractivity contribution in [2.75, 3.05) is 12.3 Å². The van der Waals surface area contributed by atoms with E-state index in [1.807, 2.05) is 18.2 Å². The number of nitrogen functional groups attached to an aromatic ring is 1. The van der Waals surface area contributed by atoms with Crippen LogP contribution in [0.3, 0.4) is 0 Å². The Morgan fingerprint density at radius 2 is 2.03 bits per heavy atom. The van der Waals surface area contributed by atoms with E-state index in [1.54, 1.807) is 19.2 Å². The lowest BCUT2D eigenvalue weighted by atomic mass is 9.94. The topological polar surface area (TPSA) is 80.4 Å². The molecule has 4 rings (SSSR count). The molecule has 3 aromatic rings. The highest BCUT2D eigenvalue weighted by molar-refractivity contribution is 6.36. The van der Waals surface area contributed by atoms with Gasteiger partial charge < -0.3 is 20.9 Å². The Bertz CT molecular complexity index is 1110. The van der Waals surface area contributed by atoms with E-state index in [0.29, 0.717) is 29.4 Å². The standard InChI is InChI=1S/C22H20Cl2FN3O2/c1-11(20-16(23)4-5-17(25)21(20)24)30-19-7-14(9-28-22(19)26)12-2-3-13-8-27-10-18(29)15(13)6-12/h2-7,9,11,18,27,29H,8,10H2,1H3,(H2,26,28)/t11-,18?/m1/s1. The molecule has 2 aromatic carbocycles. The summed E-state index contributed by atoms with van der Waals surface area (Å²) in [6, 6.07) is 10.3. The molecule has 0 spiro atoms. The van der Waals surface area contributed by atoms with Crippen LogP contribution in [0.1, 0.15) is 35.8 Å². The summed E-state index contributed by atoms with van der Waals surface area (Å²) < 4.78 is 19.8. The number of anilines is 1. The van der Waals surface area contributed by atoms with E-state index in [0.717, 1.165) is 22.3 Å². The van der Waals surface area contributed by atoms with E-state index in [2.05, 4.69) is 10.3 Å². The number of halogens is 3. The molecule has 0 amide bonds. The molecule has 8 heteroatoms. The van der Waals surface area contributed by atoms with E-state index in [1.165, 1.54) is 12.1 Å². The van der Waals surface area contributed by atoms with Crippen LogP contribution in [0.15, 0.2) is 42.6 Å². The van der Waals surface area contributed by atoms with Gasteiger partial charge in [-0.05, 0) is 47.9 Å². The highest BCUT2D eigenvalue weighted by Crippen LogP contribution is 2.37. The summed E-state index contributed by atoms with van der Waals surface area (Å²) in [7, 11) is 0. The summed E-state index contributed by atoms with van der Waals surface area (Å²) >= 11 is 12.3. The summed E-state index contributed by atoms with van der Waals surface area (Å²) in [5, 5.41) is 13.7. The number of nitrogens with zero attached hydrogens (tertiary/aromatic N) is 1. The van der Waals surface area contributed by atoms with Gasteiger partial charge in [0.1, 0.15) is 11.9 Å². The molecule has 5 nitrogen and oxygen atoms in total. The van der Waals surface area contributed by atoms with Crippen LogP contribution in [0, 0.1) is 5.82 Å². The smallest absolute Gasteiger partial charge is 0.166 e. The first-order valence-corrected chi connectivity index (χ1v) is 10.2. The molecule has 1 aliphatic heterocycles. The lowest BCUT2D eigenvalue weighted by Gasteiger charge is -2.23. The first-order chi connectivity index (χ1) is 14.3. The number of fused-ring (bicyclic) bond motifs is 1. The van der Waals surface area contributed by atoms with Crippen molar-refractivity contribution in [1.82, 2.24) is 10.3 Å². The molecule has 0 saturated carbocycles. The second kappa shape index (κ2) is 8.40. The molecule has 1 aromatic heterocycles. The van der Waals surface area contributed by atoms with Crippen molar-refractivity contribution in [3.8, 4) is 16.9 Å². The van der Waals surface area contributed by atoms with Gasteiger partial charge >= 0.3 is 0 Å². The number of ether oxygens (including phenoxy) is 1. The number of rotatable bonds is 4. The van der Waals surface area contributed by atoms with Crippen LogP contribution in [-0.4, -0.2) is 16.6 Å². The first kappa shape index (κ1) is 20.9. The third-order valence-corrected chi connectivity index (χ3v) is 5.88. The normalized spacial score (nSPS) is 16.8. The molecular formula is C22H20Cl2FN3O2. The van der Waals surface area contributed by atoms with Gasteiger partial charge in [0, 0.05) is 35.4 Å². The van der Waals surface area contributed by atoms with Gasteiger partial charge in [0.15, 0.2) is 11.6 Å². The van der Waals surface area contributed by atoms with Gasteiger partial charge in [-0.25, -0.2) is 9.37 Å². The van der Waals surface area contributed by atoms with Crippen LogP contribution in [0.5, 0.6) is 5.75 Å². The number of nitrogens with one attached hydrogen (secondary N) is 1. The van der Waals surface area contributed by atoms with E-state index >= 15 is 0 Å². The fourth-order valence-electron chi connectivity index (χ4n) is 3.57. The predicted molar refractivity (Wildman–Crippen MR) is 116 cm³/mol. The maximum Gasteiger partial charge on any atom is 0.166 e. The number of aliphatic hydroxyl groups excluding tert-OH is 1. The summed E-state index contributed by atoms with van der Waals surface area (Å²) in [6.07, 6.45) is 0.421. The Balaban J connectivity index is 1.66. The van der Waals surface area contributed by atoms with Gasteiger partial charge in [-0.2, -0.15) is 0 Å². The number of aromatic nitrogens is 1. The molecule has 0 saturated heterocycles. The van der Waals surface area contributed by atoms with Crippen molar-refractivity contribution in [1.29, 1.82) is 0 Å². The lowest BCUT2D eigenvalue weighted by molar-refractivity contribution is 0.165. The minimum Gasteiger partial charge on any atom is -0.482 e. The van der Waals surface area contributed by atoms with Crippen molar-refractivity contribution in [2.24, 2.45) is 0 Å². The third kappa shape index (κ3) is 3.96. The SMILES string of the molecule is C[C@@H](Oc1cc(-c2ccc3c(c2)C(O)CNC3)cnc1N)c1c(Cl)ccc(F)c1Cl. The lowest BCUT2D eigenvalue weighted by Crippen LogP contribution is -2.27. The van der Waals surface area contributed by atoms with Crippen molar-refractivity contribution >= 4 is 29.0 Å². The third-order valence-electron chi connectivity index (χ3n) is 5.16. The molecule has 2 heterocycles. The maximum absolute atomic E-state index is 13.9. The Labute approximate surface area is 183 Å². The van der Waals surface area contributed by atoms with Gasteiger partial charge in [0.25, 0.3) is 0 Å². The highest BCUT2D eigenvalue weighted by Gasteiger charge is 2.21. The minimum atomic E-state index is -0.656. The zero-order valence-electron chi connectivity index (χ0n) is 16.1. The predicted octanol–water partition coefficient (Wildman–Crippen LogP) is 5.05. The quantitative estimate of drug-likeness (QED) is 0.487. The molecule has 156 valence electrons. The molecule has 0 radical (unpaired) electrons. The Morgan fingerprint density at radius 1 is 1.23 bits per heavy atom. The first-order valence-electron chi connectivity index (χ1n) is 9.42.